The first kappa shape index (κ1) is 21.2. The van der Waals surface area contributed by atoms with E-state index in [2.05, 4.69) is 15.0 Å². The van der Waals surface area contributed by atoms with Crippen LogP contribution in [0.5, 0.6) is 5.75 Å². The SMILES string of the molecule is Cc1cccc(C(=O)N=Nc2cc(NS(=O)(=O)c3ccccc3)c3ccccc3c2O)c1. The van der Waals surface area contributed by atoms with Gasteiger partial charge in [-0.3, -0.25) is 9.52 Å². The fourth-order valence-corrected chi connectivity index (χ4v) is 4.34. The molecule has 0 bridgehead atoms. The lowest BCUT2D eigenvalue weighted by Crippen LogP contribution is -2.13. The van der Waals surface area contributed by atoms with Crippen molar-refractivity contribution in [3.63, 3.8) is 0 Å². The van der Waals surface area contributed by atoms with Crippen LogP contribution in [0.3, 0.4) is 0 Å². The zero-order valence-electron chi connectivity index (χ0n) is 17.1. The van der Waals surface area contributed by atoms with Crippen molar-refractivity contribution >= 4 is 38.1 Å². The number of phenols is 1. The number of carbonyl (C=O) groups excluding carboxylic acids is 1. The molecule has 0 aliphatic carbocycles. The van der Waals surface area contributed by atoms with Gasteiger partial charge in [0.1, 0.15) is 5.69 Å². The summed E-state index contributed by atoms with van der Waals surface area (Å²) < 4.78 is 28.2. The highest BCUT2D eigenvalue weighted by Crippen LogP contribution is 2.40. The van der Waals surface area contributed by atoms with E-state index >= 15 is 0 Å². The number of nitrogens with one attached hydrogen (secondary N) is 1. The number of hydrogen-bond donors (Lipinski definition) is 2. The number of phenolic OH excluding ortho intramolecular Hbond substituents is 1. The maximum atomic E-state index is 12.8. The number of rotatable bonds is 5. The minimum Gasteiger partial charge on any atom is -0.505 e. The Kier molecular flexibility index (Phi) is 5.70. The molecule has 160 valence electrons. The molecule has 4 aromatic rings. The standard InChI is InChI=1S/C24H19N3O4S/c1-16-8-7-9-17(14-16)24(29)26-25-22-15-21(19-12-5-6-13-20(19)23(22)28)27-32(30,31)18-10-3-2-4-11-18/h2-15,27-28H,1H3. The topological polar surface area (TPSA) is 108 Å². The van der Waals surface area contributed by atoms with Crippen molar-refractivity contribution in [3.05, 3.63) is 96.1 Å². The smallest absolute Gasteiger partial charge is 0.295 e. The number of aryl methyl sites for hydroxylation is 1. The summed E-state index contributed by atoms with van der Waals surface area (Å²) in [5.41, 5.74) is 1.44. The van der Waals surface area contributed by atoms with Crippen molar-refractivity contribution in [2.24, 2.45) is 10.2 Å². The molecule has 0 fully saturated rings. The van der Waals surface area contributed by atoms with Gasteiger partial charge >= 0.3 is 0 Å². The van der Waals surface area contributed by atoms with Gasteiger partial charge in [-0.25, -0.2) is 8.42 Å². The first-order valence-electron chi connectivity index (χ1n) is 9.70. The Morgan fingerprint density at radius 3 is 2.28 bits per heavy atom. The second kappa shape index (κ2) is 8.60. The third-order valence-electron chi connectivity index (χ3n) is 4.81. The maximum absolute atomic E-state index is 12.8. The molecule has 0 aliphatic heterocycles. The quantitative estimate of drug-likeness (QED) is 0.309. The van der Waals surface area contributed by atoms with Gasteiger partial charge in [0, 0.05) is 16.3 Å². The fraction of sp³-hybridized carbons (Fsp3) is 0.0417. The first-order valence-corrected chi connectivity index (χ1v) is 11.2. The first-order chi connectivity index (χ1) is 15.3. The molecule has 7 nitrogen and oxygen atoms in total. The molecule has 0 spiro atoms. The minimum absolute atomic E-state index is 0.0320. The third kappa shape index (κ3) is 4.35. The Labute approximate surface area is 185 Å². The number of nitrogens with zero attached hydrogens (tertiary/aromatic N) is 2. The second-order valence-corrected chi connectivity index (χ2v) is 8.81. The Morgan fingerprint density at radius 2 is 1.56 bits per heavy atom. The van der Waals surface area contributed by atoms with Crippen LogP contribution < -0.4 is 4.72 Å². The Morgan fingerprint density at radius 1 is 0.875 bits per heavy atom. The number of benzene rings is 4. The molecular formula is C24H19N3O4S. The van der Waals surface area contributed by atoms with E-state index in [0.29, 0.717) is 16.3 Å². The van der Waals surface area contributed by atoms with Crippen molar-refractivity contribution in [2.75, 3.05) is 4.72 Å². The van der Waals surface area contributed by atoms with Crippen LogP contribution in [0.4, 0.5) is 11.4 Å². The molecule has 32 heavy (non-hydrogen) atoms. The van der Waals surface area contributed by atoms with E-state index in [4.69, 9.17) is 0 Å². The van der Waals surface area contributed by atoms with Crippen molar-refractivity contribution in [3.8, 4) is 5.75 Å². The van der Waals surface area contributed by atoms with E-state index in [-0.39, 0.29) is 22.0 Å². The summed E-state index contributed by atoms with van der Waals surface area (Å²) in [6.45, 7) is 1.86. The highest BCUT2D eigenvalue weighted by molar-refractivity contribution is 7.92. The lowest BCUT2D eigenvalue weighted by Gasteiger charge is -2.13. The van der Waals surface area contributed by atoms with Gasteiger partial charge in [0.2, 0.25) is 0 Å². The van der Waals surface area contributed by atoms with Crippen LogP contribution in [0.1, 0.15) is 15.9 Å². The molecule has 0 atom stereocenters. The van der Waals surface area contributed by atoms with Gasteiger partial charge in [-0.05, 0) is 37.3 Å². The van der Waals surface area contributed by atoms with Crippen LogP contribution >= 0.6 is 0 Å². The van der Waals surface area contributed by atoms with E-state index in [9.17, 15) is 18.3 Å². The Balaban J connectivity index is 1.76. The van der Waals surface area contributed by atoms with E-state index in [1.54, 1.807) is 60.7 Å². The average molecular weight is 446 g/mol. The summed E-state index contributed by atoms with van der Waals surface area (Å²) in [4.78, 5) is 12.5. The largest absolute Gasteiger partial charge is 0.505 e. The molecule has 0 heterocycles. The van der Waals surface area contributed by atoms with Gasteiger partial charge in [-0.15, -0.1) is 10.2 Å². The summed E-state index contributed by atoms with van der Waals surface area (Å²) >= 11 is 0. The number of amides is 1. The van der Waals surface area contributed by atoms with Gasteiger partial charge < -0.3 is 5.11 Å². The highest BCUT2D eigenvalue weighted by Gasteiger charge is 2.18. The molecule has 4 aromatic carbocycles. The fourth-order valence-electron chi connectivity index (χ4n) is 3.24. The van der Waals surface area contributed by atoms with E-state index in [0.717, 1.165) is 5.56 Å². The minimum atomic E-state index is -3.88. The normalized spacial score (nSPS) is 11.7. The monoisotopic (exact) mass is 445 g/mol. The lowest BCUT2D eigenvalue weighted by atomic mass is 10.1. The van der Waals surface area contributed by atoms with Crippen LogP contribution in [0.2, 0.25) is 0 Å². The van der Waals surface area contributed by atoms with Crippen LogP contribution in [0, 0.1) is 6.92 Å². The Hall–Kier alpha value is -4.04. The number of fused-ring (bicyclic) bond motifs is 1. The molecule has 0 radical (unpaired) electrons. The predicted octanol–water partition coefficient (Wildman–Crippen LogP) is 5.58. The van der Waals surface area contributed by atoms with Crippen molar-refractivity contribution in [1.29, 1.82) is 0 Å². The molecular weight excluding hydrogens is 426 g/mol. The van der Waals surface area contributed by atoms with Gasteiger partial charge in [0.15, 0.2) is 5.75 Å². The molecule has 0 unspecified atom stereocenters. The summed E-state index contributed by atoms with van der Waals surface area (Å²) in [5.74, 6) is -0.781. The predicted molar refractivity (Wildman–Crippen MR) is 123 cm³/mol. The lowest BCUT2D eigenvalue weighted by molar-refractivity contribution is 0.0995. The molecule has 0 aromatic heterocycles. The molecule has 2 N–H and O–H groups in total. The number of aromatic hydroxyl groups is 1. The number of hydrogen-bond acceptors (Lipinski definition) is 5. The number of azo groups is 1. The summed E-state index contributed by atoms with van der Waals surface area (Å²) in [7, 11) is -3.88. The summed E-state index contributed by atoms with van der Waals surface area (Å²) in [5, 5.41) is 19.2. The number of sulfonamides is 1. The molecule has 0 saturated carbocycles. The zero-order chi connectivity index (χ0) is 22.7. The van der Waals surface area contributed by atoms with E-state index in [1.807, 2.05) is 13.0 Å². The Bertz CT molecular complexity index is 1450. The van der Waals surface area contributed by atoms with Gasteiger partial charge in [-0.2, -0.15) is 0 Å². The van der Waals surface area contributed by atoms with E-state index in [1.165, 1.54) is 18.2 Å². The molecule has 8 heteroatoms. The van der Waals surface area contributed by atoms with Gasteiger partial charge in [0.25, 0.3) is 15.9 Å². The van der Waals surface area contributed by atoms with Crippen LogP contribution in [-0.2, 0) is 10.0 Å². The van der Waals surface area contributed by atoms with Crippen molar-refractivity contribution < 1.29 is 18.3 Å². The highest BCUT2D eigenvalue weighted by atomic mass is 32.2. The third-order valence-corrected chi connectivity index (χ3v) is 6.19. The second-order valence-electron chi connectivity index (χ2n) is 7.13. The summed E-state index contributed by atoms with van der Waals surface area (Å²) in [6.07, 6.45) is 0. The van der Waals surface area contributed by atoms with Crippen LogP contribution in [-0.4, -0.2) is 19.4 Å². The zero-order valence-corrected chi connectivity index (χ0v) is 17.9. The molecule has 0 saturated heterocycles. The van der Waals surface area contributed by atoms with Crippen molar-refractivity contribution in [1.82, 2.24) is 0 Å². The number of anilines is 1. The maximum Gasteiger partial charge on any atom is 0.295 e. The average Bonchev–Trinajstić information content (AvgIpc) is 2.80. The van der Waals surface area contributed by atoms with Gasteiger partial charge in [0.05, 0.1) is 10.6 Å². The number of carbonyl (C=O) groups is 1. The van der Waals surface area contributed by atoms with Gasteiger partial charge in [-0.1, -0.05) is 60.2 Å². The van der Waals surface area contributed by atoms with Crippen molar-refractivity contribution in [2.45, 2.75) is 11.8 Å². The van der Waals surface area contributed by atoms with Crippen LogP contribution in [0.15, 0.2) is 100 Å². The molecule has 1 amide bonds. The molecule has 4 rings (SSSR count). The van der Waals surface area contributed by atoms with E-state index < -0.39 is 15.9 Å². The summed E-state index contributed by atoms with van der Waals surface area (Å²) in [6, 6.07) is 22.9. The van der Waals surface area contributed by atoms with Crippen LogP contribution in [0.25, 0.3) is 10.8 Å². The molecule has 0 aliphatic rings.